The number of ether oxygens (including phenoxy) is 1. The molecule has 0 saturated heterocycles. The minimum atomic E-state index is -0.892. The van der Waals surface area contributed by atoms with Gasteiger partial charge < -0.3 is 15.4 Å². The normalized spacial score (nSPS) is 10.6. The first-order chi connectivity index (χ1) is 16.8. The molecule has 0 heterocycles. The predicted octanol–water partition coefficient (Wildman–Crippen LogP) is 3.97. The Morgan fingerprint density at radius 3 is 2.31 bits per heavy atom. The van der Waals surface area contributed by atoms with Gasteiger partial charge in [0.25, 0.3) is 5.91 Å². The van der Waals surface area contributed by atoms with Gasteiger partial charge in [0.15, 0.2) is 6.61 Å². The highest BCUT2D eigenvalue weighted by Crippen LogP contribution is 2.15. The maximum absolute atomic E-state index is 12.2. The van der Waals surface area contributed by atoms with Gasteiger partial charge in [-0.15, -0.1) is 0 Å². The second-order valence-electron chi connectivity index (χ2n) is 7.91. The molecule has 3 rings (SSSR count). The lowest BCUT2D eigenvalue weighted by Crippen LogP contribution is -2.32. The molecule has 3 N–H and O–H groups in total. The summed E-state index contributed by atoms with van der Waals surface area (Å²) in [7, 11) is 0. The van der Waals surface area contributed by atoms with Gasteiger partial charge in [0.1, 0.15) is 5.75 Å². The number of hydrogen-bond donors (Lipinski definition) is 3. The van der Waals surface area contributed by atoms with Crippen LogP contribution in [0.3, 0.4) is 0 Å². The topological polar surface area (TPSA) is 109 Å². The highest BCUT2D eigenvalue weighted by atomic mass is 16.5. The van der Waals surface area contributed by atoms with Crippen molar-refractivity contribution >= 4 is 35.3 Å². The standard InChI is InChI=1S/C27H28N4O4/c1-4-20-9-12-22(13-10-20)30-26(33)27(34)31-28-16-21-6-5-7-24(15-21)35-17-25(32)29-23-11-8-18(2)19(3)14-23/h5-16H,4,17H2,1-3H3,(H,29,32)(H,30,33)(H,31,34)/b28-16-. The molecule has 0 aliphatic rings. The van der Waals surface area contributed by atoms with Crippen LogP contribution in [0.1, 0.15) is 29.2 Å². The summed E-state index contributed by atoms with van der Waals surface area (Å²) in [5.41, 5.74) is 7.41. The predicted molar refractivity (Wildman–Crippen MR) is 137 cm³/mol. The molecule has 180 valence electrons. The highest BCUT2D eigenvalue weighted by Gasteiger charge is 2.12. The first-order valence-electron chi connectivity index (χ1n) is 11.2. The van der Waals surface area contributed by atoms with Gasteiger partial charge in [-0.3, -0.25) is 14.4 Å². The van der Waals surface area contributed by atoms with Gasteiger partial charge in [-0.1, -0.05) is 37.3 Å². The van der Waals surface area contributed by atoms with Crippen LogP contribution >= 0.6 is 0 Å². The smallest absolute Gasteiger partial charge is 0.329 e. The molecule has 0 fully saturated rings. The van der Waals surface area contributed by atoms with Gasteiger partial charge in [0, 0.05) is 11.4 Å². The third-order valence-electron chi connectivity index (χ3n) is 5.22. The van der Waals surface area contributed by atoms with Crippen LogP contribution < -0.4 is 20.8 Å². The van der Waals surface area contributed by atoms with Gasteiger partial charge in [0.2, 0.25) is 0 Å². The van der Waals surface area contributed by atoms with Crippen molar-refractivity contribution in [3.05, 3.63) is 89.0 Å². The number of nitrogens with zero attached hydrogens (tertiary/aromatic N) is 1. The number of carbonyl (C=O) groups excluding carboxylic acids is 3. The first kappa shape index (κ1) is 25.2. The maximum atomic E-state index is 12.2. The molecule has 0 saturated carbocycles. The summed E-state index contributed by atoms with van der Waals surface area (Å²) in [5, 5.41) is 9.14. The third kappa shape index (κ3) is 7.82. The zero-order valence-electron chi connectivity index (χ0n) is 19.9. The number of rotatable bonds is 8. The van der Waals surface area contributed by atoms with E-state index in [1.165, 1.54) is 6.21 Å². The molecule has 8 nitrogen and oxygen atoms in total. The Bertz CT molecular complexity index is 1240. The lowest BCUT2D eigenvalue weighted by Gasteiger charge is -2.09. The molecule has 0 bridgehead atoms. The fraction of sp³-hybridized carbons (Fsp3) is 0.185. The van der Waals surface area contributed by atoms with E-state index in [-0.39, 0.29) is 12.5 Å². The van der Waals surface area contributed by atoms with Crippen molar-refractivity contribution in [2.45, 2.75) is 27.2 Å². The molecular formula is C27H28N4O4. The van der Waals surface area contributed by atoms with Gasteiger partial charge >= 0.3 is 11.8 Å². The van der Waals surface area contributed by atoms with Crippen LogP contribution in [0.15, 0.2) is 71.8 Å². The summed E-state index contributed by atoms with van der Waals surface area (Å²) in [6.07, 6.45) is 2.26. The molecule has 0 radical (unpaired) electrons. The molecule has 0 unspecified atom stereocenters. The molecule has 35 heavy (non-hydrogen) atoms. The summed E-state index contributed by atoms with van der Waals surface area (Å²) in [4.78, 5) is 36.2. The van der Waals surface area contributed by atoms with Gasteiger partial charge in [-0.2, -0.15) is 5.10 Å². The molecule has 0 aromatic heterocycles. The van der Waals surface area contributed by atoms with Crippen LogP contribution in [0.5, 0.6) is 5.75 Å². The Morgan fingerprint density at radius 2 is 1.60 bits per heavy atom. The van der Waals surface area contributed by atoms with Gasteiger partial charge in [-0.25, -0.2) is 5.43 Å². The number of aryl methyl sites for hydroxylation is 3. The van der Waals surface area contributed by atoms with Crippen molar-refractivity contribution in [1.29, 1.82) is 0 Å². The Balaban J connectivity index is 1.47. The second-order valence-corrected chi connectivity index (χ2v) is 7.91. The molecular weight excluding hydrogens is 444 g/mol. The van der Waals surface area contributed by atoms with Crippen LogP contribution in [-0.4, -0.2) is 30.5 Å². The fourth-order valence-electron chi connectivity index (χ4n) is 3.08. The van der Waals surface area contributed by atoms with E-state index in [4.69, 9.17) is 4.74 Å². The second kappa shape index (κ2) is 12.1. The Morgan fingerprint density at radius 1 is 0.857 bits per heavy atom. The first-order valence-corrected chi connectivity index (χ1v) is 11.2. The number of carbonyl (C=O) groups is 3. The minimum Gasteiger partial charge on any atom is -0.484 e. The van der Waals surface area contributed by atoms with Crippen LogP contribution in [-0.2, 0) is 20.8 Å². The number of hydrogen-bond acceptors (Lipinski definition) is 5. The molecule has 3 amide bonds. The number of hydrazone groups is 1. The molecule has 0 aliphatic carbocycles. The summed E-state index contributed by atoms with van der Waals surface area (Å²) < 4.78 is 5.56. The van der Waals surface area contributed by atoms with Crippen molar-refractivity contribution in [1.82, 2.24) is 5.43 Å². The zero-order valence-corrected chi connectivity index (χ0v) is 19.9. The Hall–Kier alpha value is -4.46. The van der Waals surface area contributed by atoms with Crippen molar-refractivity contribution < 1.29 is 19.1 Å². The number of amides is 3. The zero-order chi connectivity index (χ0) is 25.2. The van der Waals surface area contributed by atoms with Crippen LogP contribution in [0.25, 0.3) is 0 Å². The molecule has 3 aromatic carbocycles. The van der Waals surface area contributed by atoms with E-state index in [0.717, 1.165) is 23.1 Å². The van der Waals surface area contributed by atoms with Crippen LogP contribution in [0.2, 0.25) is 0 Å². The fourth-order valence-corrected chi connectivity index (χ4v) is 3.08. The van der Waals surface area contributed by atoms with E-state index in [1.807, 2.05) is 51.1 Å². The van der Waals surface area contributed by atoms with Crippen molar-refractivity contribution in [3.8, 4) is 5.75 Å². The Kier molecular flexibility index (Phi) is 8.72. The van der Waals surface area contributed by atoms with Crippen molar-refractivity contribution in [2.24, 2.45) is 5.10 Å². The van der Waals surface area contributed by atoms with Gasteiger partial charge in [0.05, 0.1) is 6.21 Å². The SMILES string of the molecule is CCc1ccc(NC(=O)C(=O)N/N=C\c2cccc(OCC(=O)Nc3ccc(C)c(C)c3)c2)cc1. The Labute approximate surface area is 204 Å². The lowest BCUT2D eigenvalue weighted by molar-refractivity contribution is -0.136. The summed E-state index contributed by atoms with van der Waals surface area (Å²) in [6, 6.07) is 19.8. The summed E-state index contributed by atoms with van der Waals surface area (Å²) in [5.74, 6) is -1.53. The monoisotopic (exact) mass is 472 g/mol. The highest BCUT2D eigenvalue weighted by molar-refractivity contribution is 6.39. The lowest BCUT2D eigenvalue weighted by atomic mass is 10.1. The average molecular weight is 473 g/mol. The summed E-state index contributed by atoms with van der Waals surface area (Å²) in [6.45, 7) is 5.86. The molecule has 8 heteroatoms. The van der Waals surface area contributed by atoms with E-state index < -0.39 is 11.8 Å². The van der Waals surface area contributed by atoms with E-state index >= 15 is 0 Å². The van der Waals surface area contributed by atoms with Crippen molar-refractivity contribution in [3.63, 3.8) is 0 Å². The molecule has 0 spiro atoms. The average Bonchev–Trinajstić information content (AvgIpc) is 2.85. The quantitative estimate of drug-likeness (QED) is 0.262. The largest absolute Gasteiger partial charge is 0.484 e. The number of benzene rings is 3. The molecule has 0 atom stereocenters. The van der Waals surface area contributed by atoms with Crippen molar-refractivity contribution in [2.75, 3.05) is 17.2 Å². The minimum absolute atomic E-state index is 0.163. The van der Waals surface area contributed by atoms with Gasteiger partial charge in [-0.05, 0) is 78.9 Å². The molecule has 3 aromatic rings. The third-order valence-corrected chi connectivity index (χ3v) is 5.22. The van der Waals surface area contributed by atoms with E-state index in [0.29, 0.717) is 22.7 Å². The number of anilines is 2. The molecule has 0 aliphatic heterocycles. The van der Waals surface area contributed by atoms with Crippen LogP contribution in [0.4, 0.5) is 11.4 Å². The van der Waals surface area contributed by atoms with E-state index in [2.05, 4.69) is 21.2 Å². The van der Waals surface area contributed by atoms with E-state index in [9.17, 15) is 14.4 Å². The number of nitrogens with one attached hydrogen (secondary N) is 3. The van der Waals surface area contributed by atoms with E-state index in [1.54, 1.807) is 36.4 Å². The maximum Gasteiger partial charge on any atom is 0.329 e. The van der Waals surface area contributed by atoms with Crippen LogP contribution in [0, 0.1) is 13.8 Å². The summed E-state index contributed by atoms with van der Waals surface area (Å²) >= 11 is 0.